The first-order valence-electron chi connectivity index (χ1n) is 8.92. The molecule has 2 atom stereocenters. The van der Waals surface area contributed by atoms with Gasteiger partial charge in [-0.2, -0.15) is 0 Å². The summed E-state index contributed by atoms with van der Waals surface area (Å²) in [6, 6.07) is 0. The average molecular weight is 329 g/mol. The van der Waals surface area contributed by atoms with Crippen LogP contribution in [0.2, 0.25) is 0 Å². The van der Waals surface area contributed by atoms with Crippen molar-refractivity contribution >= 4 is 6.29 Å². The molecule has 0 saturated carbocycles. The van der Waals surface area contributed by atoms with Crippen molar-refractivity contribution < 1.29 is 14.3 Å². The third-order valence-corrected chi connectivity index (χ3v) is 5.18. The van der Waals surface area contributed by atoms with Crippen LogP contribution in [0.25, 0.3) is 0 Å². The van der Waals surface area contributed by atoms with E-state index in [1.807, 2.05) is 27.7 Å². The second kappa shape index (κ2) is 8.11. The summed E-state index contributed by atoms with van der Waals surface area (Å²) >= 11 is 0. The highest BCUT2D eigenvalue weighted by atomic mass is 16.6. The molecule has 0 heterocycles. The normalized spacial score (nSPS) is 16.7. The maximum Gasteiger partial charge on any atom is 0.151 e. The lowest BCUT2D eigenvalue weighted by molar-refractivity contribution is -0.189. The van der Waals surface area contributed by atoms with Gasteiger partial charge in [0.25, 0.3) is 0 Å². The predicted octanol–water partition coefficient (Wildman–Crippen LogP) is 5.12. The largest absolute Gasteiger partial charge is 0.372 e. The molecule has 0 aliphatic carbocycles. The molecular weight excluding hydrogens is 288 g/mol. The topological polar surface area (TPSA) is 35.5 Å². The second-order valence-corrected chi connectivity index (χ2v) is 9.56. The number of carbonyl (C=O) groups excluding carboxylic acids is 1. The fourth-order valence-corrected chi connectivity index (χ4v) is 2.63. The van der Waals surface area contributed by atoms with Gasteiger partial charge in [-0.3, -0.25) is 0 Å². The van der Waals surface area contributed by atoms with Gasteiger partial charge in [-0.25, -0.2) is 0 Å². The van der Waals surface area contributed by atoms with Crippen molar-refractivity contribution in [3.05, 3.63) is 0 Å². The van der Waals surface area contributed by atoms with Gasteiger partial charge in [0, 0.05) is 0 Å². The number of aldehydes is 1. The van der Waals surface area contributed by atoms with Crippen LogP contribution in [0.4, 0.5) is 0 Å². The molecular formula is C20H40O3. The molecule has 3 heteroatoms. The van der Waals surface area contributed by atoms with Crippen LogP contribution in [0.15, 0.2) is 0 Å². The lowest BCUT2D eigenvalue weighted by Gasteiger charge is -2.41. The number of carbonyl (C=O) groups is 1. The van der Waals surface area contributed by atoms with E-state index in [1.165, 1.54) is 0 Å². The quantitative estimate of drug-likeness (QED) is 0.551. The van der Waals surface area contributed by atoms with Crippen molar-refractivity contribution in [3.63, 3.8) is 0 Å². The SMILES string of the molecule is CC(C)C(COC(C)(C)C(C=O)OC(C)(C)C(C)C)C(C)(C)C. The van der Waals surface area contributed by atoms with Crippen LogP contribution >= 0.6 is 0 Å². The van der Waals surface area contributed by atoms with Gasteiger partial charge in [0.2, 0.25) is 0 Å². The molecule has 3 nitrogen and oxygen atoms in total. The lowest BCUT2D eigenvalue weighted by Crippen LogP contribution is -2.49. The molecule has 0 aliphatic rings. The first-order valence-corrected chi connectivity index (χ1v) is 8.92. The number of ether oxygens (including phenoxy) is 2. The average Bonchev–Trinajstić information content (AvgIpc) is 2.33. The minimum Gasteiger partial charge on any atom is -0.372 e. The molecule has 138 valence electrons. The summed E-state index contributed by atoms with van der Waals surface area (Å²) < 4.78 is 12.3. The van der Waals surface area contributed by atoms with Crippen LogP contribution in [0, 0.1) is 23.2 Å². The van der Waals surface area contributed by atoms with Crippen LogP contribution in [-0.4, -0.2) is 30.2 Å². The molecule has 0 rings (SSSR count). The molecule has 0 bridgehead atoms. The monoisotopic (exact) mass is 328 g/mol. The minimum atomic E-state index is -0.647. The summed E-state index contributed by atoms with van der Waals surface area (Å²) in [7, 11) is 0. The van der Waals surface area contributed by atoms with Gasteiger partial charge >= 0.3 is 0 Å². The summed E-state index contributed by atoms with van der Waals surface area (Å²) in [4.78, 5) is 11.6. The molecule has 0 aromatic carbocycles. The third kappa shape index (κ3) is 6.93. The molecule has 23 heavy (non-hydrogen) atoms. The van der Waals surface area contributed by atoms with Crippen molar-refractivity contribution in [3.8, 4) is 0 Å². The van der Waals surface area contributed by atoms with Crippen LogP contribution < -0.4 is 0 Å². The van der Waals surface area contributed by atoms with E-state index < -0.39 is 11.7 Å². The van der Waals surface area contributed by atoms with Crippen molar-refractivity contribution in [2.45, 2.75) is 93.5 Å². The Morgan fingerprint density at radius 3 is 1.65 bits per heavy atom. The minimum absolute atomic E-state index is 0.166. The fourth-order valence-electron chi connectivity index (χ4n) is 2.63. The zero-order chi connectivity index (χ0) is 18.6. The van der Waals surface area contributed by atoms with Gasteiger partial charge in [0.05, 0.1) is 17.8 Å². The van der Waals surface area contributed by atoms with Gasteiger partial charge in [0.1, 0.15) is 6.10 Å². The van der Waals surface area contributed by atoms with Crippen LogP contribution in [0.5, 0.6) is 0 Å². The molecule has 0 radical (unpaired) electrons. The van der Waals surface area contributed by atoms with E-state index in [4.69, 9.17) is 9.47 Å². The molecule has 0 amide bonds. The summed E-state index contributed by atoms with van der Waals surface area (Å²) in [6.45, 7) is 23.9. The predicted molar refractivity (Wildman–Crippen MR) is 97.7 cm³/mol. The summed E-state index contributed by atoms with van der Waals surface area (Å²) in [5.41, 5.74) is -0.848. The lowest BCUT2D eigenvalue weighted by atomic mass is 9.75. The summed E-state index contributed by atoms with van der Waals surface area (Å²) in [6.07, 6.45) is 0.304. The smallest absolute Gasteiger partial charge is 0.151 e. The van der Waals surface area contributed by atoms with E-state index in [2.05, 4.69) is 48.5 Å². The maximum absolute atomic E-state index is 11.6. The standard InChI is InChI=1S/C20H40O3/c1-14(2)16(18(5,6)7)13-22-20(10,11)17(12-21)23-19(8,9)15(3)4/h12,14-17H,13H2,1-11H3. The first-order chi connectivity index (χ1) is 10.1. The fraction of sp³-hybridized carbons (Fsp3) is 0.950. The Bertz CT molecular complexity index is 362. The highest BCUT2D eigenvalue weighted by Crippen LogP contribution is 2.34. The molecule has 0 aromatic rings. The molecule has 0 saturated heterocycles. The van der Waals surface area contributed by atoms with Crippen molar-refractivity contribution in [1.82, 2.24) is 0 Å². The zero-order valence-corrected chi connectivity index (χ0v) is 17.3. The van der Waals surface area contributed by atoms with Crippen molar-refractivity contribution in [2.75, 3.05) is 6.61 Å². The Kier molecular flexibility index (Phi) is 7.97. The highest BCUT2D eigenvalue weighted by molar-refractivity contribution is 5.58. The molecule has 0 fully saturated rings. The Balaban J connectivity index is 5.04. The van der Waals surface area contributed by atoms with Crippen molar-refractivity contribution in [2.24, 2.45) is 23.2 Å². The van der Waals surface area contributed by atoms with Crippen molar-refractivity contribution in [1.29, 1.82) is 0 Å². The van der Waals surface area contributed by atoms with Gasteiger partial charge in [-0.1, -0.05) is 48.5 Å². The van der Waals surface area contributed by atoms with E-state index >= 15 is 0 Å². The second-order valence-electron chi connectivity index (χ2n) is 9.56. The van der Waals surface area contributed by atoms with E-state index in [-0.39, 0.29) is 11.0 Å². The van der Waals surface area contributed by atoms with E-state index in [1.54, 1.807) is 0 Å². The first kappa shape index (κ1) is 22.6. The molecule has 0 spiro atoms. The van der Waals surface area contributed by atoms with Gasteiger partial charge < -0.3 is 14.3 Å². The van der Waals surface area contributed by atoms with Crippen LogP contribution in [0.3, 0.4) is 0 Å². The van der Waals surface area contributed by atoms with Gasteiger partial charge in [-0.05, 0) is 50.9 Å². The van der Waals surface area contributed by atoms with E-state index in [0.717, 1.165) is 6.29 Å². The summed E-state index contributed by atoms with van der Waals surface area (Å²) in [5, 5.41) is 0. The maximum atomic E-state index is 11.6. The Hall–Kier alpha value is -0.410. The van der Waals surface area contributed by atoms with Crippen LogP contribution in [-0.2, 0) is 14.3 Å². The number of rotatable bonds is 9. The highest BCUT2D eigenvalue weighted by Gasteiger charge is 2.38. The molecule has 0 aromatic heterocycles. The Morgan fingerprint density at radius 1 is 0.870 bits per heavy atom. The number of hydrogen-bond acceptors (Lipinski definition) is 3. The van der Waals surface area contributed by atoms with E-state index in [0.29, 0.717) is 24.4 Å². The third-order valence-electron chi connectivity index (χ3n) is 5.18. The van der Waals surface area contributed by atoms with Gasteiger partial charge in [-0.15, -0.1) is 0 Å². The zero-order valence-electron chi connectivity index (χ0n) is 17.3. The summed E-state index contributed by atoms with van der Waals surface area (Å²) in [5.74, 6) is 1.26. The molecule has 0 N–H and O–H groups in total. The number of hydrogen-bond donors (Lipinski definition) is 0. The van der Waals surface area contributed by atoms with Crippen LogP contribution in [0.1, 0.15) is 76.2 Å². The molecule has 0 aliphatic heterocycles. The molecule has 2 unspecified atom stereocenters. The Labute approximate surface area is 144 Å². The Morgan fingerprint density at radius 2 is 1.35 bits per heavy atom. The van der Waals surface area contributed by atoms with E-state index in [9.17, 15) is 4.79 Å². The van der Waals surface area contributed by atoms with Gasteiger partial charge in [0.15, 0.2) is 6.29 Å².